The van der Waals surface area contributed by atoms with Crippen LogP contribution < -0.4 is 0 Å². The first kappa shape index (κ1) is 32.0. The van der Waals surface area contributed by atoms with Crippen molar-refractivity contribution < 1.29 is 0 Å². The van der Waals surface area contributed by atoms with Gasteiger partial charge in [0.25, 0.3) is 0 Å². The van der Waals surface area contributed by atoms with Gasteiger partial charge in [0.2, 0.25) is 0 Å². The summed E-state index contributed by atoms with van der Waals surface area (Å²) in [5, 5.41) is 0. The first-order valence-electron chi connectivity index (χ1n) is 24.0. The zero-order valence-electron chi connectivity index (χ0n) is 32.1. The van der Waals surface area contributed by atoms with Crippen LogP contribution >= 0.6 is 15.8 Å². The minimum Gasteiger partial charge on any atom is -0.0989 e. The second kappa shape index (κ2) is 11.9. The van der Waals surface area contributed by atoms with Crippen LogP contribution in [0.1, 0.15) is 148 Å². The highest BCUT2D eigenvalue weighted by atomic mass is 31.1. The Kier molecular flexibility index (Phi) is 7.64. The lowest BCUT2D eigenvalue weighted by atomic mass is 9.55. The van der Waals surface area contributed by atoms with Crippen LogP contribution in [0.2, 0.25) is 0 Å². The Hall–Kier alpha value is 0.860. The minimum absolute atomic E-state index is 0.209. The van der Waals surface area contributed by atoms with Crippen molar-refractivity contribution in [1.82, 2.24) is 0 Å². The van der Waals surface area contributed by atoms with Crippen molar-refractivity contribution in [1.29, 1.82) is 0 Å². The van der Waals surface area contributed by atoms with Gasteiger partial charge in [-0.05, 0) is 282 Å². The van der Waals surface area contributed by atoms with E-state index in [1.165, 1.54) is 70.0 Å². The number of rotatable bonds is 8. The van der Waals surface area contributed by atoms with E-state index >= 15 is 0 Å². The highest BCUT2D eigenvalue weighted by Gasteiger charge is 2.60. The molecule has 17 aliphatic rings. The second-order valence-corrected chi connectivity index (χ2v) is 29.2. The third kappa shape index (κ3) is 4.98. The zero-order chi connectivity index (χ0) is 32.4. The molecule has 17 rings (SSSR count). The van der Waals surface area contributed by atoms with Gasteiger partial charge in [0.05, 0.1) is 0 Å². The Morgan fingerprint density at radius 1 is 0.320 bits per heavy atom. The van der Waals surface area contributed by atoms with Gasteiger partial charge in [-0.15, -0.1) is 0 Å². The van der Waals surface area contributed by atoms with Gasteiger partial charge in [-0.25, -0.2) is 0 Å². The molecule has 0 spiro atoms. The van der Waals surface area contributed by atoms with Crippen molar-refractivity contribution in [2.24, 2.45) is 112 Å². The van der Waals surface area contributed by atoms with E-state index in [9.17, 15) is 0 Å². The molecular weight excluding hydrogens is 638 g/mol. The van der Waals surface area contributed by atoms with Gasteiger partial charge in [0, 0.05) is 0 Å². The number of hydrogen-bond acceptors (Lipinski definition) is 0. The van der Waals surface area contributed by atoms with Crippen molar-refractivity contribution in [3.05, 3.63) is 0 Å². The van der Waals surface area contributed by atoms with Crippen LogP contribution in [-0.2, 0) is 0 Å². The molecule has 3 atom stereocenters. The lowest BCUT2D eigenvalue weighted by Gasteiger charge is -2.63. The molecule has 0 heterocycles. The summed E-state index contributed by atoms with van der Waals surface area (Å²) in [6.45, 7) is 2.83. The molecule has 50 heavy (non-hydrogen) atoms. The van der Waals surface area contributed by atoms with E-state index in [4.69, 9.17) is 0 Å². The molecule has 0 amide bonds. The fourth-order valence-corrected chi connectivity index (χ4v) is 31.3. The van der Waals surface area contributed by atoms with Crippen LogP contribution in [0.3, 0.4) is 0 Å². The topological polar surface area (TPSA) is 0 Å². The Morgan fingerprint density at radius 2 is 0.580 bits per heavy atom. The second-order valence-electron chi connectivity index (χ2n) is 24.1. The zero-order valence-corrected chi connectivity index (χ0v) is 33.9. The highest BCUT2D eigenvalue weighted by molar-refractivity contribution is 7.59. The summed E-state index contributed by atoms with van der Waals surface area (Å²) in [7, 11) is 0.426. The first-order chi connectivity index (χ1) is 24.5. The predicted molar refractivity (Wildman–Crippen MR) is 212 cm³/mol. The molecular formula is C48H74P2. The lowest BCUT2D eigenvalue weighted by molar-refractivity contribution is 0.0122. The Labute approximate surface area is 310 Å². The molecule has 16 bridgehead atoms. The smallest absolute Gasteiger partial charge is 0.0149 e. The predicted octanol–water partition coefficient (Wildman–Crippen LogP) is 12.9. The number of hydrogen-bond donors (Lipinski definition) is 0. The summed E-state index contributed by atoms with van der Waals surface area (Å²) in [5.41, 5.74) is 4.91. The normalized spacial score (nSPS) is 62.9. The van der Waals surface area contributed by atoms with Gasteiger partial charge in [-0.3, -0.25) is 0 Å². The van der Waals surface area contributed by atoms with E-state index < -0.39 is 0 Å². The van der Waals surface area contributed by atoms with Crippen LogP contribution in [0, 0.1) is 112 Å². The highest BCUT2D eigenvalue weighted by Crippen LogP contribution is 2.75. The van der Waals surface area contributed by atoms with E-state index in [2.05, 4.69) is 6.92 Å². The molecule has 0 N–H and O–H groups in total. The van der Waals surface area contributed by atoms with Crippen molar-refractivity contribution in [2.75, 3.05) is 12.3 Å². The lowest BCUT2D eigenvalue weighted by Crippen LogP contribution is -2.53. The third-order valence-corrected chi connectivity index (χ3v) is 29.6. The SMILES string of the molecule is CC1CCC(CP(C2C3CC4CC(C3)CC2C4)C2C3CC4CC(C3)CC2C4)C1CP(C1C2CC3CC(C2)CC1C3)C1C2CC3CC(C2)CC1C3. The largest absolute Gasteiger partial charge is 0.0989 e. The maximum Gasteiger partial charge on any atom is -0.0149 e. The Bertz CT molecular complexity index is 1120. The summed E-state index contributed by atoms with van der Waals surface area (Å²) in [6.07, 6.45) is 40.6. The molecule has 0 aliphatic heterocycles. The summed E-state index contributed by atoms with van der Waals surface area (Å²) in [4.78, 5) is 0. The molecule has 0 radical (unpaired) electrons. The van der Waals surface area contributed by atoms with E-state index in [1.807, 2.05) is 0 Å². The minimum atomic E-state index is 0.209. The maximum atomic E-state index is 2.83. The molecule has 17 saturated carbocycles. The van der Waals surface area contributed by atoms with Crippen molar-refractivity contribution in [2.45, 2.75) is 171 Å². The average Bonchev–Trinajstić information content (AvgIpc) is 3.40. The average molecular weight is 713 g/mol. The fourth-order valence-electron chi connectivity index (χ4n) is 21.1. The van der Waals surface area contributed by atoms with Gasteiger partial charge >= 0.3 is 0 Å². The van der Waals surface area contributed by atoms with Crippen LogP contribution in [0.4, 0.5) is 0 Å². The van der Waals surface area contributed by atoms with Crippen LogP contribution in [-0.4, -0.2) is 35.0 Å². The van der Waals surface area contributed by atoms with Gasteiger partial charge < -0.3 is 0 Å². The van der Waals surface area contributed by atoms with Crippen LogP contribution in [0.5, 0.6) is 0 Å². The van der Waals surface area contributed by atoms with Gasteiger partial charge in [0.15, 0.2) is 0 Å². The Balaban J connectivity index is 0.837. The summed E-state index contributed by atoms with van der Waals surface area (Å²) >= 11 is 0. The molecule has 17 aliphatic carbocycles. The molecule has 0 saturated heterocycles. The van der Waals surface area contributed by atoms with E-state index in [1.54, 1.807) is 154 Å². The molecule has 0 nitrogen and oxygen atoms in total. The van der Waals surface area contributed by atoms with Crippen molar-refractivity contribution in [3.8, 4) is 0 Å². The summed E-state index contributed by atoms with van der Waals surface area (Å²) < 4.78 is 0. The molecule has 3 unspecified atom stereocenters. The van der Waals surface area contributed by atoms with E-state index in [0.29, 0.717) is 0 Å². The first-order valence-corrected chi connectivity index (χ1v) is 27.4. The molecule has 2 heteroatoms. The monoisotopic (exact) mass is 713 g/mol. The van der Waals surface area contributed by atoms with Gasteiger partial charge in [-0.1, -0.05) is 29.2 Å². The summed E-state index contributed by atoms with van der Waals surface area (Å²) in [6, 6.07) is 0. The standard InChI is InChI=1S/C48H74P2/c1-26-2-3-35(24-49(45-36-8-27-4-28(10-36)11-37(45)9-27)46-38-12-29-5-30(14-38)15-39(46)13-29)44(26)25-50(47-40-16-31-6-32(18-40)19-41(47)17-31)48-42-20-33-7-34(22-42)23-43(48)21-33/h26-48H,2-25H2,1H3. The molecule has 0 aromatic rings. The third-order valence-electron chi connectivity index (χ3n) is 21.4. The van der Waals surface area contributed by atoms with Crippen LogP contribution in [0.25, 0.3) is 0 Å². The van der Waals surface area contributed by atoms with Crippen molar-refractivity contribution >= 4 is 15.8 Å². The van der Waals surface area contributed by atoms with Gasteiger partial charge in [-0.2, -0.15) is 0 Å². The molecule has 276 valence electrons. The summed E-state index contributed by atoms with van der Waals surface area (Å²) in [5.74, 6) is 22.1. The maximum absolute atomic E-state index is 2.83. The van der Waals surface area contributed by atoms with Crippen molar-refractivity contribution in [3.63, 3.8) is 0 Å². The van der Waals surface area contributed by atoms with Crippen LogP contribution in [0.15, 0.2) is 0 Å². The molecule has 0 aromatic carbocycles. The molecule has 17 fully saturated rings. The Morgan fingerprint density at radius 3 is 0.860 bits per heavy atom. The van der Waals surface area contributed by atoms with E-state index in [0.717, 1.165) is 65.1 Å². The fraction of sp³-hybridized carbons (Fsp3) is 1.00. The van der Waals surface area contributed by atoms with E-state index in [-0.39, 0.29) is 15.8 Å². The quantitative estimate of drug-likeness (QED) is 0.220. The van der Waals surface area contributed by atoms with Gasteiger partial charge in [0.1, 0.15) is 0 Å². The molecule has 0 aromatic heterocycles.